The minimum atomic E-state index is 0.161. The van der Waals surface area contributed by atoms with Crippen molar-refractivity contribution in [1.82, 2.24) is 19.9 Å². The lowest BCUT2D eigenvalue weighted by Crippen LogP contribution is -2.32. The van der Waals surface area contributed by atoms with Gasteiger partial charge >= 0.3 is 0 Å². The smallest absolute Gasteiger partial charge is 0.177 e. The van der Waals surface area contributed by atoms with Crippen molar-refractivity contribution in [2.24, 2.45) is 0 Å². The topological polar surface area (TPSA) is 54.5 Å². The third-order valence-electron chi connectivity index (χ3n) is 5.24. The fourth-order valence-corrected chi connectivity index (χ4v) is 3.96. The Kier molecular flexibility index (Phi) is 3.60. The number of aromatic amines is 1. The lowest BCUT2D eigenvalue weighted by Gasteiger charge is -2.37. The largest absolute Gasteiger partial charge is 0.340 e. The van der Waals surface area contributed by atoms with E-state index in [0.29, 0.717) is 0 Å². The van der Waals surface area contributed by atoms with E-state index in [4.69, 9.17) is 4.98 Å². The molecule has 0 aromatic carbocycles. The quantitative estimate of drug-likeness (QED) is 0.792. The van der Waals surface area contributed by atoms with Gasteiger partial charge in [-0.2, -0.15) is 0 Å². The van der Waals surface area contributed by atoms with Crippen LogP contribution in [0.4, 0.5) is 0 Å². The molecule has 4 heteroatoms. The van der Waals surface area contributed by atoms with Gasteiger partial charge in [-0.15, -0.1) is 0 Å². The Morgan fingerprint density at radius 3 is 2.74 bits per heavy atom. The first-order valence-corrected chi connectivity index (χ1v) is 8.48. The van der Waals surface area contributed by atoms with Gasteiger partial charge in [0.2, 0.25) is 0 Å². The average molecular weight is 306 g/mol. The highest BCUT2D eigenvalue weighted by molar-refractivity contribution is 5.74. The summed E-state index contributed by atoms with van der Waals surface area (Å²) in [6, 6.07) is 6.31. The summed E-state index contributed by atoms with van der Waals surface area (Å²) in [5.74, 6) is 1.05. The number of nitrogens with one attached hydrogen (secondary N) is 1. The molecule has 3 aromatic rings. The summed E-state index contributed by atoms with van der Waals surface area (Å²) in [6.45, 7) is 2.10. The molecule has 118 valence electrons. The first-order chi connectivity index (χ1) is 11.3. The third-order valence-corrected chi connectivity index (χ3v) is 5.24. The molecule has 1 aliphatic rings. The van der Waals surface area contributed by atoms with Crippen LogP contribution in [0.3, 0.4) is 0 Å². The maximum atomic E-state index is 4.75. The molecule has 0 amide bonds. The average Bonchev–Trinajstić information content (AvgIpc) is 3.00. The van der Waals surface area contributed by atoms with E-state index < -0.39 is 0 Å². The monoisotopic (exact) mass is 306 g/mol. The van der Waals surface area contributed by atoms with Crippen LogP contribution >= 0.6 is 0 Å². The molecule has 0 spiro atoms. The van der Waals surface area contributed by atoms with E-state index in [2.05, 4.69) is 34.0 Å². The third kappa shape index (κ3) is 2.62. The van der Waals surface area contributed by atoms with Gasteiger partial charge in [0.1, 0.15) is 5.82 Å². The summed E-state index contributed by atoms with van der Waals surface area (Å²) < 4.78 is 0. The molecule has 0 unspecified atom stereocenters. The van der Waals surface area contributed by atoms with Crippen LogP contribution in [0.25, 0.3) is 11.2 Å². The molecular weight excluding hydrogens is 284 g/mol. The van der Waals surface area contributed by atoms with E-state index in [1.807, 2.05) is 24.7 Å². The van der Waals surface area contributed by atoms with Crippen molar-refractivity contribution >= 4 is 11.2 Å². The molecule has 0 bridgehead atoms. The van der Waals surface area contributed by atoms with Crippen molar-refractivity contribution in [3.05, 3.63) is 53.7 Å². The summed E-state index contributed by atoms with van der Waals surface area (Å²) in [7, 11) is 0. The van der Waals surface area contributed by atoms with Gasteiger partial charge in [0.15, 0.2) is 5.65 Å². The van der Waals surface area contributed by atoms with Gasteiger partial charge in [-0.1, -0.05) is 25.3 Å². The Morgan fingerprint density at radius 2 is 2.00 bits per heavy atom. The predicted octanol–water partition coefficient (Wildman–Crippen LogP) is 4.11. The van der Waals surface area contributed by atoms with E-state index in [1.165, 1.54) is 43.2 Å². The van der Waals surface area contributed by atoms with Crippen LogP contribution in [0, 0.1) is 6.92 Å². The van der Waals surface area contributed by atoms with E-state index >= 15 is 0 Å². The summed E-state index contributed by atoms with van der Waals surface area (Å²) in [5.41, 5.74) is 4.61. The molecule has 1 aliphatic carbocycles. The lowest BCUT2D eigenvalue weighted by atomic mass is 9.67. The van der Waals surface area contributed by atoms with Gasteiger partial charge in [-0.25, -0.2) is 9.97 Å². The number of hydrogen-bond donors (Lipinski definition) is 1. The lowest BCUT2D eigenvalue weighted by molar-refractivity contribution is 0.286. The Bertz CT molecular complexity index is 801. The van der Waals surface area contributed by atoms with Gasteiger partial charge in [0.25, 0.3) is 0 Å². The van der Waals surface area contributed by atoms with Crippen molar-refractivity contribution in [1.29, 1.82) is 0 Å². The highest BCUT2D eigenvalue weighted by atomic mass is 15.0. The van der Waals surface area contributed by atoms with Crippen molar-refractivity contribution in [3.63, 3.8) is 0 Å². The van der Waals surface area contributed by atoms with Crippen LogP contribution < -0.4 is 0 Å². The van der Waals surface area contributed by atoms with E-state index in [9.17, 15) is 0 Å². The van der Waals surface area contributed by atoms with Crippen LogP contribution in [0.2, 0.25) is 0 Å². The van der Waals surface area contributed by atoms with Crippen LogP contribution in [-0.4, -0.2) is 19.9 Å². The standard InChI is InChI=1S/C19H22N4/c1-14-7-11-21-18-17(14)22-16(23-18)12-19(8-3-2-4-9-19)15-6-5-10-20-13-15/h5-7,10-11,13H,2-4,8-9,12H2,1H3,(H,21,22,23). The van der Waals surface area contributed by atoms with Gasteiger partial charge in [0, 0.05) is 30.4 Å². The fourth-order valence-electron chi connectivity index (χ4n) is 3.96. The van der Waals surface area contributed by atoms with Crippen molar-refractivity contribution in [3.8, 4) is 0 Å². The zero-order chi connectivity index (χ0) is 15.7. The number of nitrogens with zero attached hydrogens (tertiary/aromatic N) is 3. The minimum Gasteiger partial charge on any atom is -0.340 e. The number of pyridine rings is 2. The Morgan fingerprint density at radius 1 is 1.13 bits per heavy atom. The van der Waals surface area contributed by atoms with Crippen molar-refractivity contribution < 1.29 is 0 Å². The molecule has 4 nitrogen and oxygen atoms in total. The molecule has 1 saturated carbocycles. The van der Waals surface area contributed by atoms with Crippen molar-refractivity contribution in [2.45, 2.75) is 50.9 Å². The number of fused-ring (bicyclic) bond motifs is 1. The summed E-state index contributed by atoms with van der Waals surface area (Å²) in [5, 5.41) is 0. The van der Waals surface area contributed by atoms with Crippen LogP contribution in [0.1, 0.15) is 49.1 Å². The number of aryl methyl sites for hydroxylation is 1. The Balaban J connectivity index is 1.73. The summed E-state index contributed by atoms with van der Waals surface area (Å²) in [6.07, 6.45) is 13.0. The fraction of sp³-hybridized carbons (Fsp3) is 0.421. The predicted molar refractivity (Wildman–Crippen MR) is 91.3 cm³/mol. The second-order valence-electron chi connectivity index (χ2n) is 6.77. The van der Waals surface area contributed by atoms with E-state index in [1.54, 1.807) is 0 Å². The molecule has 0 atom stereocenters. The number of hydrogen-bond acceptors (Lipinski definition) is 3. The first kappa shape index (κ1) is 14.4. The second-order valence-corrected chi connectivity index (χ2v) is 6.77. The highest BCUT2D eigenvalue weighted by Gasteiger charge is 2.35. The van der Waals surface area contributed by atoms with Gasteiger partial charge < -0.3 is 4.98 Å². The molecule has 0 radical (unpaired) electrons. The van der Waals surface area contributed by atoms with Crippen molar-refractivity contribution in [2.75, 3.05) is 0 Å². The Hall–Kier alpha value is -2.23. The van der Waals surface area contributed by atoms with Gasteiger partial charge in [0.05, 0.1) is 5.52 Å². The zero-order valence-electron chi connectivity index (χ0n) is 13.5. The van der Waals surface area contributed by atoms with E-state index in [0.717, 1.165) is 23.4 Å². The molecule has 1 N–H and O–H groups in total. The molecule has 0 saturated heterocycles. The van der Waals surface area contributed by atoms with Crippen LogP contribution in [0.5, 0.6) is 0 Å². The van der Waals surface area contributed by atoms with Crippen LogP contribution in [-0.2, 0) is 11.8 Å². The molecule has 3 heterocycles. The first-order valence-electron chi connectivity index (χ1n) is 8.48. The summed E-state index contributed by atoms with van der Waals surface area (Å²) in [4.78, 5) is 17.0. The number of rotatable bonds is 3. The van der Waals surface area contributed by atoms with Gasteiger partial charge in [-0.05, 0) is 43.0 Å². The van der Waals surface area contributed by atoms with Gasteiger partial charge in [-0.3, -0.25) is 4.98 Å². The molecule has 4 rings (SSSR count). The zero-order valence-corrected chi connectivity index (χ0v) is 13.5. The molecular formula is C19H22N4. The highest BCUT2D eigenvalue weighted by Crippen LogP contribution is 2.41. The van der Waals surface area contributed by atoms with E-state index in [-0.39, 0.29) is 5.41 Å². The Labute approximate surface area is 136 Å². The SMILES string of the molecule is Cc1ccnc2nc(CC3(c4cccnc4)CCCCC3)[nH]c12. The summed E-state index contributed by atoms with van der Waals surface area (Å²) >= 11 is 0. The van der Waals surface area contributed by atoms with Crippen LogP contribution in [0.15, 0.2) is 36.8 Å². The number of imidazole rings is 1. The number of aromatic nitrogens is 4. The number of H-pyrrole nitrogens is 1. The molecule has 23 heavy (non-hydrogen) atoms. The molecule has 0 aliphatic heterocycles. The minimum absolute atomic E-state index is 0.161. The molecule has 1 fully saturated rings. The maximum Gasteiger partial charge on any atom is 0.177 e. The second kappa shape index (κ2) is 5.76. The maximum absolute atomic E-state index is 4.75. The normalized spacial score (nSPS) is 17.4. The molecule has 3 aromatic heterocycles.